The van der Waals surface area contributed by atoms with E-state index >= 15 is 4.57 Å². The second kappa shape index (κ2) is 9.65. The molecule has 0 aromatic heterocycles. The number of benzene rings is 3. The summed E-state index contributed by atoms with van der Waals surface area (Å²) >= 11 is 1.95. The van der Waals surface area contributed by atoms with Crippen LogP contribution in [-0.2, 0) is 4.57 Å². The van der Waals surface area contributed by atoms with Crippen molar-refractivity contribution in [1.29, 1.82) is 5.26 Å². The zero-order valence-electron chi connectivity index (χ0n) is 18.5. The van der Waals surface area contributed by atoms with Crippen molar-refractivity contribution in [3.63, 3.8) is 0 Å². The Hall–Kier alpha value is -2.71. The average molecular weight is 475 g/mol. The number of nitriles is 1. The first kappa shape index (κ1) is 22.1. The van der Waals surface area contributed by atoms with E-state index in [1.54, 1.807) is 0 Å². The maximum absolute atomic E-state index is 15.6. The molecular formula is C26H27N4OPS. The van der Waals surface area contributed by atoms with Gasteiger partial charge >= 0.3 is 0 Å². The van der Waals surface area contributed by atoms with Crippen molar-refractivity contribution in [2.45, 2.75) is 5.78 Å². The van der Waals surface area contributed by atoms with Gasteiger partial charge in [0.05, 0.1) is 11.6 Å². The molecule has 33 heavy (non-hydrogen) atoms. The molecule has 7 heteroatoms. The lowest BCUT2D eigenvalue weighted by Gasteiger charge is -2.44. The number of hydrogen-bond acceptors (Lipinski definition) is 4. The van der Waals surface area contributed by atoms with Crippen LogP contribution in [0.4, 0.5) is 11.4 Å². The summed E-state index contributed by atoms with van der Waals surface area (Å²) in [6.07, 6.45) is 0. The predicted molar refractivity (Wildman–Crippen MR) is 138 cm³/mol. The van der Waals surface area contributed by atoms with Crippen LogP contribution in [0.3, 0.4) is 0 Å². The van der Waals surface area contributed by atoms with Crippen LogP contribution in [-0.4, -0.2) is 42.6 Å². The minimum absolute atomic E-state index is 0.283. The third kappa shape index (κ3) is 4.17. The Labute approximate surface area is 200 Å². The molecule has 1 unspecified atom stereocenters. The van der Waals surface area contributed by atoms with Crippen LogP contribution in [0.1, 0.15) is 16.9 Å². The van der Waals surface area contributed by atoms with Crippen LogP contribution in [0.25, 0.3) is 0 Å². The van der Waals surface area contributed by atoms with Gasteiger partial charge in [-0.3, -0.25) is 9.46 Å². The smallest absolute Gasteiger partial charge is 0.284 e. The molecule has 0 spiro atoms. The van der Waals surface area contributed by atoms with E-state index < -0.39 is 7.44 Å². The van der Waals surface area contributed by atoms with Crippen molar-refractivity contribution < 1.29 is 4.57 Å². The zero-order chi connectivity index (χ0) is 22.7. The van der Waals surface area contributed by atoms with Crippen LogP contribution in [0.15, 0.2) is 84.9 Å². The molecule has 0 amide bonds. The molecule has 0 N–H and O–H groups in total. The monoisotopic (exact) mass is 474 g/mol. The second-order valence-electron chi connectivity index (χ2n) is 8.26. The summed E-state index contributed by atoms with van der Waals surface area (Å²) in [5, 5.41) is 9.33. The van der Waals surface area contributed by atoms with Gasteiger partial charge in [0.1, 0.15) is 5.78 Å². The lowest BCUT2D eigenvalue weighted by Crippen LogP contribution is -2.40. The largest absolute Gasteiger partial charge is 0.304 e. The molecule has 5 rings (SSSR count). The maximum Gasteiger partial charge on any atom is 0.284 e. The minimum Gasteiger partial charge on any atom is -0.304 e. The standard InChI is InChI=1S/C26H27N4OPS/c27-21-22-11-13-23(14-12-22)26(28-17-19-33-20-18-28)32(31)29(24-7-3-1-4-8-24)15-16-30(32)25-9-5-2-6-10-25/h1-14,26H,15-20H2. The van der Waals surface area contributed by atoms with E-state index in [-0.39, 0.29) is 5.78 Å². The van der Waals surface area contributed by atoms with Crippen LogP contribution in [0.2, 0.25) is 0 Å². The van der Waals surface area contributed by atoms with Crippen LogP contribution < -0.4 is 9.34 Å². The lowest BCUT2D eigenvalue weighted by atomic mass is 10.1. The fraction of sp³-hybridized carbons (Fsp3) is 0.269. The lowest BCUT2D eigenvalue weighted by molar-refractivity contribution is 0.273. The quantitative estimate of drug-likeness (QED) is 0.434. The molecule has 5 nitrogen and oxygen atoms in total. The average Bonchev–Trinajstić information content (AvgIpc) is 3.23. The Morgan fingerprint density at radius 1 is 0.758 bits per heavy atom. The molecule has 1 atom stereocenters. The van der Waals surface area contributed by atoms with Gasteiger partial charge in [-0.25, -0.2) is 0 Å². The van der Waals surface area contributed by atoms with Crippen molar-refractivity contribution >= 4 is 30.6 Å². The number of anilines is 2. The molecule has 0 saturated carbocycles. The summed E-state index contributed by atoms with van der Waals surface area (Å²) in [4.78, 5) is 2.40. The Kier molecular flexibility index (Phi) is 6.46. The highest BCUT2D eigenvalue weighted by Gasteiger charge is 2.52. The maximum atomic E-state index is 15.6. The summed E-state index contributed by atoms with van der Waals surface area (Å²) in [6.45, 7) is 3.19. The van der Waals surface area contributed by atoms with Crippen LogP contribution >= 0.6 is 19.2 Å². The first-order chi connectivity index (χ1) is 16.2. The predicted octanol–water partition coefficient (Wildman–Crippen LogP) is 5.83. The Morgan fingerprint density at radius 3 is 1.76 bits per heavy atom. The highest BCUT2D eigenvalue weighted by molar-refractivity contribution is 7.99. The number of nitrogens with zero attached hydrogens (tertiary/aromatic N) is 4. The number of rotatable bonds is 5. The van der Waals surface area contributed by atoms with Crippen LogP contribution in [0, 0.1) is 11.3 Å². The molecule has 0 bridgehead atoms. The number of thioether (sulfide) groups is 1. The van der Waals surface area contributed by atoms with E-state index in [4.69, 9.17) is 0 Å². The third-order valence-corrected chi connectivity index (χ3v) is 10.8. The molecule has 0 radical (unpaired) electrons. The summed E-state index contributed by atoms with van der Waals surface area (Å²) in [5.41, 5.74) is 3.61. The topological polar surface area (TPSA) is 50.6 Å². The zero-order valence-corrected chi connectivity index (χ0v) is 20.2. The van der Waals surface area contributed by atoms with Gasteiger partial charge in [0.25, 0.3) is 7.44 Å². The molecule has 3 aromatic rings. The summed E-state index contributed by atoms with van der Waals surface area (Å²) in [7, 11) is -3.16. The number of hydrogen-bond donors (Lipinski definition) is 0. The van der Waals surface area contributed by atoms with Gasteiger partial charge in [-0.2, -0.15) is 17.0 Å². The van der Waals surface area contributed by atoms with E-state index in [1.807, 2.05) is 72.4 Å². The van der Waals surface area contributed by atoms with Gasteiger partial charge < -0.3 is 9.34 Å². The van der Waals surface area contributed by atoms with E-state index in [0.717, 1.165) is 41.5 Å². The molecule has 2 aliphatic rings. The first-order valence-electron chi connectivity index (χ1n) is 11.3. The Balaban J connectivity index is 1.68. The Morgan fingerprint density at radius 2 is 1.27 bits per heavy atom. The Bertz CT molecular complexity index is 1110. The second-order valence-corrected chi connectivity index (χ2v) is 12.1. The first-order valence-corrected chi connectivity index (χ1v) is 14.1. The molecule has 168 valence electrons. The van der Waals surface area contributed by atoms with Gasteiger partial charge in [0.2, 0.25) is 0 Å². The summed E-state index contributed by atoms with van der Waals surface area (Å²) < 4.78 is 19.9. The van der Waals surface area contributed by atoms with E-state index in [9.17, 15) is 5.26 Å². The molecule has 2 heterocycles. The molecule has 2 fully saturated rings. The molecule has 2 saturated heterocycles. The fourth-order valence-corrected chi connectivity index (χ4v) is 9.45. The summed E-state index contributed by atoms with van der Waals surface area (Å²) in [6, 6.07) is 30.2. The molecule has 0 aliphatic carbocycles. The van der Waals surface area contributed by atoms with Gasteiger partial charge in [-0.15, -0.1) is 0 Å². The molecule has 3 aromatic carbocycles. The number of para-hydroxylation sites is 2. The van der Waals surface area contributed by atoms with Crippen molar-refractivity contribution in [3.05, 3.63) is 96.1 Å². The minimum atomic E-state index is -3.16. The van der Waals surface area contributed by atoms with Gasteiger partial charge in [0, 0.05) is 49.1 Å². The highest BCUT2D eigenvalue weighted by Crippen LogP contribution is 2.69. The SMILES string of the molecule is N#Cc1ccc(C(N2CCSCC2)P2(=O)N(c3ccccc3)CCN2c2ccccc2)cc1. The molecular weight excluding hydrogens is 447 g/mol. The fourth-order valence-electron chi connectivity index (χ4n) is 4.83. The van der Waals surface area contributed by atoms with E-state index in [1.165, 1.54) is 0 Å². The van der Waals surface area contributed by atoms with Gasteiger partial charge in [-0.1, -0.05) is 48.5 Å². The third-order valence-electron chi connectivity index (χ3n) is 6.37. The van der Waals surface area contributed by atoms with E-state index in [2.05, 4.69) is 44.6 Å². The normalized spacial score (nSPS) is 19.2. The van der Waals surface area contributed by atoms with Crippen LogP contribution in [0.5, 0.6) is 0 Å². The van der Waals surface area contributed by atoms with Crippen molar-refractivity contribution in [2.24, 2.45) is 0 Å². The highest BCUT2D eigenvalue weighted by atomic mass is 32.2. The van der Waals surface area contributed by atoms with Crippen molar-refractivity contribution in [2.75, 3.05) is 47.0 Å². The van der Waals surface area contributed by atoms with E-state index in [0.29, 0.717) is 18.7 Å². The van der Waals surface area contributed by atoms with Crippen molar-refractivity contribution in [3.8, 4) is 6.07 Å². The van der Waals surface area contributed by atoms with Gasteiger partial charge in [0.15, 0.2) is 0 Å². The molecule has 2 aliphatic heterocycles. The summed E-state index contributed by atoms with van der Waals surface area (Å²) in [5.74, 6) is 1.78. The van der Waals surface area contributed by atoms with Gasteiger partial charge in [-0.05, 0) is 42.0 Å². The van der Waals surface area contributed by atoms with Crippen molar-refractivity contribution in [1.82, 2.24) is 4.90 Å².